The summed E-state index contributed by atoms with van der Waals surface area (Å²) in [6.45, 7) is 14.6. The van der Waals surface area contributed by atoms with Gasteiger partial charge in [-0.05, 0) is 87.4 Å². The van der Waals surface area contributed by atoms with Gasteiger partial charge in [0.25, 0.3) is 0 Å². The number of hydrogen-bond donors (Lipinski definition) is 0. The fourth-order valence-electron chi connectivity index (χ4n) is 6.53. The average molecular weight is 731 g/mol. The van der Waals surface area contributed by atoms with E-state index in [1.54, 1.807) is 4.90 Å². The first kappa shape index (κ1) is 35.7. The smallest absolute Gasteiger partial charge is 0.422 e. The molecule has 1 aromatic carbocycles. The number of aryl methyl sites for hydroxylation is 1. The van der Waals surface area contributed by atoms with E-state index in [-0.39, 0.29) is 34.9 Å². The van der Waals surface area contributed by atoms with Crippen LogP contribution in [0, 0.1) is 5.41 Å². The molecule has 3 aliphatic heterocycles. The van der Waals surface area contributed by atoms with Gasteiger partial charge >= 0.3 is 18.3 Å². The largest absolute Gasteiger partial charge is 0.481 e. The van der Waals surface area contributed by atoms with Gasteiger partial charge in [0.2, 0.25) is 0 Å². The van der Waals surface area contributed by atoms with Crippen molar-refractivity contribution in [3.63, 3.8) is 0 Å². The van der Waals surface area contributed by atoms with E-state index in [2.05, 4.69) is 30.7 Å². The predicted octanol–water partition coefficient (Wildman–Crippen LogP) is 6.61. The molecule has 0 N–H and O–H groups in total. The molecule has 0 saturated carbocycles. The maximum atomic E-state index is 13.4. The zero-order chi connectivity index (χ0) is 34.0. The van der Waals surface area contributed by atoms with Gasteiger partial charge in [-0.25, -0.2) is 4.79 Å². The lowest BCUT2D eigenvalue weighted by molar-refractivity contribution is -0.153. The molecule has 262 valence electrons. The van der Waals surface area contributed by atoms with Crippen molar-refractivity contribution in [2.24, 2.45) is 5.41 Å². The van der Waals surface area contributed by atoms with Gasteiger partial charge in [0, 0.05) is 63.2 Å². The van der Waals surface area contributed by atoms with Crippen LogP contribution in [0.4, 0.5) is 23.8 Å². The number of benzene rings is 1. The minimum absolute atomic E-state index is 0.00426. The monoisotopic (exact) mass is 729 g/mol. The van der Waals surface area contributed by atoms with Gasteiger partial charge in [-0.2, -0.15) is 23.1 Å². The molecule has 4 heterocycles. The lowest BCUT2D eigenvalue weighted by Crippen LogP contribution is -2.62. The molecule has 47 heavy (non-hydrogen) atoms. The molecule has 0 bridgehead atoms. The Morgan fingerprint density at radius 2 is 1.74 bits per heavy atom. The zero-order valence-corrected chi connectivity index (χ0v) is 29.6. The number of likely N-dealkylation sites (tertiary alicyclic amines) is 2. The summed E-state index contributed by atoms with van der Waals surface area (Å²) in [6.07, 6.45) is -1.14. The molecular weight excluding hydrogens is 683 g/mol. The van der Waals surface area contributed by atoms with E-state index in [4.69, 9.17) is 23.9 Å². The summed E-state index contributed by atoms with van der Waals surface area (Å²) in [5.41, 5.74) is 0.539. The Kier molecular flexibility index (Phi) is 11.0. The number of carbonyl (C=O) groups is 1. The van der Waals surface area contributed by atoms with E-state index in [9.17, 15) is 18.0 Å². The first-order valence-electron chi connectivity index (χ1n) is 16.6. The van der Waals surface area contributed by atoms with E-state index in [0.29, 0.717) is 61.5 Å². The molecule has 2 aromatic rings. The van der Waals surface area contributed by atoms with Gasteiger partial charge in [-0.1, -0.05) is 6.92 Å². The second kappa shape index (κ2) is 14.5. The van der Waals surface area contributed by atoms with E-state index < -0.39 is 18.4 Å². The normalized spacial score (nSPS) is 19.3. The van der Waals surface area contributed by atoms with E-state index in [1.165, 1.54) is 0 Å². The highest BCUT2D eigenvalue weighted by Gasteiger charge is 2.48. The van der Waals surface area contributed by atoms with Crippen LogP contribution >= 0.6 is 15.9 Å². The van der Waals surface area contributed by atoms with Crippen LogP contribution in [0.15, 0.2) is 10.5 Å². The fraction of sp³-hybridized carbons (Fsp3) is 0.727. The SMILES string of the molecule is CCOCCN1CCC(Oc2nc(N3CCC4(CC3)CN(C(=O)OC(C)(C)C)C4)c3cc(CC)c(Br)c(OCC(F)(F)F)c3n2)CC1. The standard InChI is InChI=1S/C33H47BrF3N5O5/c1-6-22-18-24-26(27(25(22)34)45-21-33(35,36)37)38-29(46-23-8-12-40(13-9-23)16-17-44-7-2)39-28(24)41-14-10-32(11-15-41)19-42(20-32)30(43)47-31(3,4)5/h18,23H,6-17,19-21H2,1-5H3. The third-order valence-electron chi connectivity index (χ3n) is 9.07. The van der Waals surface area contributed by atoms with E-state index in [1.807, 2.05) is 40.7 Å². The molecular formula is C33H47BrF3N5O5. The molecule has 3 saturated heterocycles. The van der Waals surface area contributed by atoms with Gasteiger partial charge in [0.05, 0.1) is 11.1 Å². The van der Waals surface area contributed by atoms with Crippen molar-refractivity contribution in [3.05, 3.63) is 16.1 Å². The minimum atomic E-state index is -4.52. The summed E-state index contributed by atoms with van der Waals surface area (Å²) in [5.74, 6) is 0.660. The van der Waals surface area contributed by atoms with Crippen molar-refractivity contribution >= 4 is 38.7 Å². The number of anilines is 1. The maximum absolute atomic E-state index is 13.4. The molecule has 1 aromatic heterocycles. The summed E-state index contributed by atoms with van der Waals surface area (Å²) in [4.78, 5) is 28.4. The molecule has 5 rings (SSSR count). The minimum Gasteiger partial charge on any atom is -0.481 e. The van der Waals surface area contributed by atoms with Crippen LogP contribution in [0.5, 0.6) is 11.8 Å². The first-order valence-corrected chi connectivity index (χ1v) is 17.4. The van der Waals surface area contributed by atoms with Crippen molar-refractivity contribution in [1.82, 2.24) is 19.8 Å². The molecule has 14 heteroatoms. The number of ether oxygens (including phenoxy) is 4. The molecule has 0 aliphatic carbocycles. The molecule has 0 unspecified atom stereocenters. The summed E-state index contributed by atoms with van der Waals surface area (Å²) in [7, 11) is 0. The van der Waals surface area contributed by atoms with Gasteiger partial charge in [0.15, 0.2) is 12.4 Å². The number of alkyl halides is 3. The molecule has 3 aliphatic rings. The number of hydrogen-bond acceptors (Lipinski definition) is 9. The topological polar surface area (TPSA) is 89.5 Å². The van der Waals surface area contributed by atoms with Crippen LogP contribution in [0.25, 0.3) is 10.9 Å². The van der Waals surface area contributed by atoms with Gasteiger partial charge in [-0.3, -0.25) is 0 Å². The van der Waals surface area contributed by atoms with Gasteiger partial charge in [-0.15, -0.1) is 0 Å². The Labute approximate surface area is 283 Å². The summed E-state index contributed by atoms with van der Waals surface area (Å²) < 4.78 is 63.4. The van der Waals surface area contributed by atoms with Crippen molar-refractivity contribution in [3.8, 4) is 11.8 Å². The van der Waals surface area contributed by atoms with Crippen LogP contribution in [0.3, 0.4) is 0 Å². The average Bonchev–Trinajstić information content (AvgIpc) is 2.98. The zero-order valence-electron chi connectivity index (χ0n) is 28.1. The molecule has 10 nitrogen and oxygen atoms in total. The summed E-state index contributed by atoms with van der Waals surface area (Å²) >= 11 is 3.51. The molecule has 0 atom stereocenters. The van der Waals surface area contributed by atoms with Crippen molar-refractivity contribution in [2.75, 3.05) is 70.5 Å². The number of piperidine rings is 2. The number of halogens is 4. The highest BCUT2D eigenvalue weighted by molar-refractivity contribution is 9.10. The van der Waals surface area contributed by atoms with Crippen molar-refractivity contribution < 1.29 is 36.9 Å². The number of fused-ring (bicyclic) bond motifs is 1. The Balaban J connectivity index is 1.39. The second-order valence-electron chi connectivity index (χ2n) is 13.8. The predicted molar refractivity (Wildman–Crippen MR) is 176 cm³/mol. The summed E-state index contributed by atoms with van der Waals surface area (Å²) in [5, 5.41) is 0.625. The fourth-order valence-corrected chi connectivity index (χ4v) is 7.23. The Bertz CT molecular complexity index is 1400. The third kappa shape index (κ3) is 8.91. The quantitative estimate of drug-likeness (QED) is 0.251. The molecule has 1 amide bonds. The van der Waals surface area contributed by atoms with Gasteiger partial charge in [0.1, 0.15) is 23.0 Å². The van der Waals surface area contributed by atoms with E-state index in [0.717, 1.165) is 50.9 Å². The molecule has 1 spiro atoms. The Hall–Kier alpha value is -2.58. The number of rotatable bonds is 10. The van der Waals surface area contributed by atoms with Crippen molar-refractivity contribution in [1.29, 1.82) is 0 Å². The van der Waals surface area contributed by atoms with Crippen LogP contribution < -0.4 is 14.4 Å². The Morgan fingerprint density at radius 3 is 2.34 bits per heavy atom. The molecule has 0 radical (unpaired) electrons. The van der Waals surface area contributed by atoms with E-state index >= 15 is 0 Å². The lowest BCUT2D eigenvalue weighted by atomic mass is 9.72. The first-order chi connectivity index (χ1) is 22.2. The second-order valence-corrected chi connectivity index (χ2v) is 14.6. The number of amides is 1. The van der Waals surface area contributed by atoms with Crippen LogP contribution in [-0.4, -0.2) is 109 Å². The number of aromatic nitrogens is 2. The highest BCUT2D eigenvalue weighted by atomic mass is 79.9. The van der Waals surface area contributed by atoms with Crippen molar-refractivity contribution in [2.45, 2.75) is 84.6 Å². The summed E-state index contributed by atoms with van der Waals surface area (Å²) in [6, 6.07) is 2.07. The van der Waals surface area contributed by atoms with Gasteiger partial charge < -0.3 is 33.6 Å². The lowest BCUT2D eigenvalue weighted by Gasteiger charge is -2.53. The molecule has 3 fully saturated rings. The maximum Gasteiger partial charge on any atom is 0.422 e. The third-order valence-corrected chi connectivity index (χ3v) is 9.94. The number of nitrogens with zero attached hydrogens (tertiary/aromatic N) is 5. The van der Waals surface area contributed by atoms with Crippen LogP contribution in [0.1, 0.15) is 65.9 Å². The Morgan fingerprint density at radius 1 is 1.06 bits per heavy atom. The number of carbonyl (C=O) groups excluding carboxylic acids is 1. The van der Waals surface area contributed by atoms with Crippen LogP contribution in [0.2, 0.25) is 0 Å². The highest BCUT2D eigenvalue weighted by Crippen LogP contribution is 2.45. The van der Waals surface area contributed by atoms with Crippen LogP contribution in [-0.2, 0) is 15.9 Å².